The van der Waals surface area contributed by atoms with Crippen molar-refractivity contribution < 1.29 is 22.7 Å². The fraction of sp³-hybridized carbons (Fsp3) is 0.469. The van der Waals surface area contributed by atoms with E-state index >= 15 is 0 Å². The zero-order valence-electron chi connectivity index (χ0n) is 27.3. The molecule has 15 heteroatoms. The van der Waals surface area contributed by atoms with E-state index in [2.05, 4.69) is 54.7 Å². The first kappa shape index (κ1) is 33.2. The Morgan fingerprint density at radius 3 is 2.49 bits per heavy atom. The van der Waals surface area contributed by atoms with Gasteiger partial charge in [0.05, 0.1) is 11.3 Å². The number of nitrogens with one attached hydrogen (secondary N) is 3. The number of carbonyl (C=O) groups is 1. The maximum absolute atomic E-state index is 14.0. The quantitative estimate of drug-likeness (QED) is 0.243. The number of amides is 1. The van der Waals surface area contributed by atoms with Gasteiger partial charge in [0.2, 0.25) is 0 Å². The van der Waals surface area contributed by atoms with Crippen molar-refractivity contribution in [1.29, 1.82) is 0 Å². The molecule has 0 aliphatic carbocycles. The van der Waals surface area contributed by atoms with Crippen LogP contribution in [0.3, 0.4) is 0 Å². The number of hydrogen-bond acceptors (Lipinski definition) is 10. The van der Waals surface area contributed by atoms with E-state index < -0.39 is 30.9 Å². The topological polar surface area (TPSA) is 124 Å². The van der Waals surface area contributed by atoms with E-state index in [0.717, 1.165) is 38.1 Å². The third kappa shape index (κ3) is 6.43. The van der Waals surface area contributed by atoms with Gasteiger partial charge in [-0.1, -0.05) is 12.1 Å². The van der Waals surface area contributed by atoms with Crippen molar-refractivity contribution in [2.75, 3.05) is 76.1 Å². The van der Waals surface area contributed by atoms with Crippen molar-refractivity contribution in [1.82, 2.24) is 25.1 Å². The van der Waals surface area contributed by atoms with E-state index in [1.54, 1.807) is 26.2 Å². The summed E-state index contributed by atoms with van der Waals surface area (Å²) in [7, 11) is 5.61. The zero-order valence-corrected chi connectivity index (χ0v) is 28.3. The summed E-state index contributed by atoms with van der Waals surface area (Å²) in [6, 6.07) is 11.2. The molecule has 3 unspecified atom stereocenters. The number of anilines is 5. The second-order valence-corrected chi connectivity index (χ2v) is 16.9. The van der Waals surface area contributed by atoms with Gasteiger partial charge >= 0.3 is 173 Å². The summed E-state index contributed by atoms with van der Waals surface area (Å²) in [4.78, 5) is 27.9. The molecule has 5 N–H and O–H groups in total. The van der Waals surface area contributed by atoms with Crippen molar-refractivity contribution in [2.24, 2.45) is 5.50 Å². The molecule has 3 atom stereocenters. The van der Waals surface area contributed by atoms with Gasteiger partial charge in [-0.25, -0.2) is 0 Å². The molecule has 3 aromatic rings. The Kier molecular flexibility index (Phi) is 8.98. The third-order valence-electron chi connectivity index (χ3n) is 9.94. The number of aromatic nitrogens is 2. The van der Waals surface area contributed by atoms with Crippen LogP contribution in [0, 0.1) is 6.92 Å². The molecule has 254 valence electrons. The SMILES string of the molecule is CNC(=O)c1cccc(C)c1Nc1nc(Nc2ccc(N3CCN(C4C5CC(N(C)C)C[PH]54N)CC3)cc2OC)ncc1C(F)(F)F. The summed E-state index contributed by atoms with van der Waals surface area (Å²) in [6.07, 6.45) is -1.61. The van der Waals surface area contributed by atoms with Gasteiger partial charge in [-0.2, -0.15) is 13.2 Å². The average molecular weight is 674 g/mol. The Morgan fingerprint density at radius 1 is 1.13 bits per heavy atom. The first-order valence-electron chi connectivity index (χ1n) is 15.8. The minimum Gasteiger partial charge on any atom is -0.166 e. The molecule has 11 nitrogen and oxygen atoms in total. The van der Waals surface area contributed by atoms with Crippen LogP contribution < -0.4 is 31.1 Å². The molecule has 3 aliphatic rings. The predicted molar refractivity (Wildman–Crippen MR) is 182 cm³/mol. The number of piperazine rings is 1. The monoisotopic (exact) mass is 673 g/mol. The van der Waals surface area contributed by atoms with Gasteiger partial charge in [-0.3, -0.25) is 4.79 Å². The molecule has 6 rings (SSSR count). The molecular formula is C32H43F3N9O2P. The van der Waals surface area contributed by atoms with E-state index in [-0.39, 0.29) is 17.2 Å². The molecule has 1 amide bonds. The van der Waals surface area contributed by atoms with Crippen LogP contribution in [0.4, 0.5) is 42.0 Å². The summed E-state index contributed by atoms with van der Waals surface area (Å²) in [6.45, 7) is 5.35. The Labute approximate surface area is 273 Å². The first-order chi connectivity index (χ1) is 22.3. The second-order valence-electron chi connectivity index (χ2n) is 12.9. The molecule has 3 saturated heterocycles. The summed E-state index contributed by atoms with van der Waals surface area (Å²) in [5, 5.41) is 8.29. The number of halogens is 3. The number of para-hydroxylation sites is 1. The molecule has 2 aromatic carbocycles. The number of aryl methyl sites for hydroxylation is 1. The molecule has 4 heterocycles. The number of carbonyl (C=O) groups excluding carboxylic acids is 1. The van der Waals surface area contributed by atoms with Crippen LogP contribution in [0.1, 0.15) is 27.9 Å². The van der Waals surface area contributed by atoms with Crippen LogP contribution in [0.25, 0.3) is 0 Å². The van der Waals surface area contributed by atoms with Gasteiger partial charge in [0, 0.05) is 13.2 Å². The number of nitrogens with zero attached hydrogens (tertiary/aromatic N) is 5. The molecule has 47 heavy (non-hydrogen) atoms. The molecule has 0 bridgehead atoms. The minimum absolute atomic E-state index is 0.0680. The van der Waals surface area contributed by atoms with Crippen LogP contribution in [0.5, 0.6) is 5.75 Å². The number of ether oxygens (including phenoxy) is 1. The number of alkyl halides is 3. The molecule has 0 saturated carbocycles. The maximum atomic E-state index is 14.0. The third-order valence-corrected chi connectivity index (χ3v) is 14.5. The van der Waals surface area contributed by atoms with Crippen molar-refractivity contribution in [3.8, 4) is 5.75 Å². The number of benzene rings is 2. The Bertz CT molecular complexity index is 1650. The normalized spacial score (nSPS) is 22.9. The fourth-order valence-corrected chi connectivity index (χ4v) is 12.9. The summed E-state index contributed by atoms with van der Waals surface area (Å²) >= 11 is 0. The van der Waals surface area contributed by atoms with Crippen LogP contribution in [-0.4, -0.2) is 104 Å². The van der Waals surface area contributed by atoms with Gasteiger partial charge in [-0.05, 0) is 18.6 Å². The summed E-state index contributed by atoms with van der Waals surface area (Å²) in [5.74, 6) is 0.0976. The summed E-state index contributed by atoms with van der Waals surface area (Å²) in [5.41, 5.74) is 9.09. The molecule has 0 spiro atoms. The van der Waals surface area contributed by atoms with Crippen LogP contribution in [0.15, 0.2) is 42.6 Å². The van der Waals surface area contributed by atoms with Crippen molar-refractivity contribution in [3.63, 3.8) is 0 Å². The van der Waals surface area contributed by atoms with Gasteiger partial charge in [0.1, 0.15) is 11.4 Å². The van der Waals surface area contributed by atoms with Crippen LogP contribution in [-0.2, 0) is 6.18 Å². The van der Waals surface area contributed by atoms with E-state index in [1.807, 2.05) is 18.2 Å². The van der Waals surface area contributed by atoms with Crippen molar-refractivity contribution in [2.45, 2.75) is 37.0 Å². The Morgan fingerprint density at radius 2 is 1.87 bits per heavy atom. The fourth-order valence-electron chi connectivity index (χ4n) is 7.29. The number of nitrogens with two attached hydrogens (primary N) is 1. The van der Waals surface area contributed by atoms with E-state index in [9.17, 15) is 18.0 Å². The first-order valence-corrected chi connectivity index (χ1v) is 18.2. The molecule has 0 radical (unpaired) electrons. The number of rotatable bonds is 9. The Balaban J connectivity index is 1.17. The van der Waals surface area contributed by atoms with E-state index in [0.29, 0.717) is 34.5 Å². The van der Waals surface area contributed by atoms with Crippen molar-refractivity contribution in [3.05, 3.63) is 59.3 Å². The van der Waals surface area contributed by atoms with Crippen LogP contribution >= 0.6 is 7.41 Å². The van der Waals surface area contributed by atoms with E-state index in [4.69, 9.17) is 10.2 Å². The van der Waals surface area contributed by atoms with E-state index in [1.165, 1.54) is 25.7 Å². The molecule has 3 aliphatic heterocycles. The average Bonchev–Trinajstić information content (AvgIpc) is 3.44. The van der Waals surface area contributed by atoms with Gasteiger partial charge in [0.25, 0.3) is 5.91 Å². The zero-order chi connectivity index (χ0) is 33.7. The van der Waals surface area contributed by atoms with Crippen LogP contribution in [0.2, 0.25) is 0 Å². The number of hydrogen-bond donors (Lipinski definition) is 4. The minimum atomic E-state index is -4.74. The number of fused-ring (bicyclic) bond motifs is 1. The van der Waals surface area contributed by atoms with Crippen molar-refractivity contribution >= 4 is 42.1 Å². The molecule has 3 fully saturated rings. The number of methoxy groups -OCH3 is 1. The smallest absolute Gasteiger partial charge is 0.166 e. The predicted octanol–water partition coefficient (Wildman–Crippen LogP) is 4.45. The standard InChI is InChI=1S/C32H43F3N9O2P/c1-19-7-6-8-22(29(45)37-2)27(19)40-28-23(32(33,34)35)17-38-31(41-28)39-24-10-9-20(15-25(24)46-5)43-11-13-44(14-12-43)30-26-16-21(42(3)4)18-47(26,30)36/h6-10,15,17,21,26,30,47H,11-14,16,18,36H2,1-5H3,(H,37,45)(H2,38,39,40,41). The molecular weight excluding hydrogens is 630 g/mol. The van der Waals surface area contributed by atoms with Gasteiger partial charge in [-0.15, -0.1) is 0 Å². The Hall–Kier alpha value is -3.71. The second kappa shape index (κ2) is 12.7. The molecule has 1 aromatic heterocycles. The van der Waals surface area contributed by atoms with Gasteiger partial charge in [0.15, 0.2) is 0 Å². The summed E-state index contributed by atoms with van der Waals surface area (Å²) < 4.78 is 47.7. The van der Waals surface area contributed by atoms with Gasteiger partial charge < -0.3 is 10.6 Å².